The highest BCUT2D eigenvalue weighted by molar-refractivity contribution is 5.92. The number of hydrogen-bond acceptors (Lipinski definition) is 5. The van der Waals surface area contributed by atoms with Gasteiger partial charge in [-0.2, -0.15) is 0 Å². The summed E-state index contributed by atoms with van der Waals surface area (Å²) >= 11 is 0. The van der Waals surface area contributed by atoms with Gasteiger partial charge >= 0.3 is 11.1 Å². The van der Waals surface area contributed by atoms with Crippen molar-refractivity contribution in [1.82, 2.24) is 9.13 Å². The summed E-state index contributed by atoms with van der Waals surface area (Å²) in [5.41, 5.74) is 1.56. The first-order chi connectivity index (χ1) is 14.9. The van der Waals surface area contributed by atoms with Crippen LogP contribution in [0, 0.1) is 6.92 Å². The SMILES string of the molecule is CCc1cccc(C)c1NC(=O)Cn1ccn(-c2ccc(OC)c(OC)c2)c(=O)c1=O. The van der Waals surface area contributed by atoms with E-state index < -0.39 is 11.1 Å². The van der Waals surface area contributed by atoms with Crippen LogP contribution in [0.2, 0.25) is 0 Å². The zero-order chi connectivity index (χ0) is 22.5. The molecule has 3 aromatic rings. The molecular formula is C23H25N3O5. The highest BCUT2D eigenvalue weighted by atomic mass is 16.5. The first-order valence-electron chi connectivity index (χ1n) is 9.82. The molecule has 0 atom stereocenters. The Labute approximate surface area is 179 Å². The van der Waals surface area contributed by atoms with E-state index in [4.69, 9.17) is 9.47 Å². The van der Waals surface area contributed by atoms with E-state index in [1.807, 2.05) is 32.0 Å². The number of nitrogens with one attached hydrogen (secondary N) is 1. The minimum atomic E-state index is -0.798. The molecule has 0 saturated heterocycles. The number of nitrogens with zero attached hydrogens (tertiary/aromatic N) is 2. The largest absolute Gasteiger partial charge is 0.493 e. The van der Waals surface area contributed by atoms with Crippen LogP contribution in [0.4, 0.5) is 5.69 Å². The summed E-state index contributed by atoms with van der Waals surface area (Å²) in [6.07, 6.45) is 3.63. The Balaban J connectivity index is 1.87. The number of aryl methyl sites for hydroxylation is 2. The molecule has 2 aromatic carbocycles. The van der Waals surface area contributed by atoms with Gasteiger partial charge in [0.25, 0.3) is 0 Å². The van der Waals surface area contributed by atoms with Gasteiger partial charge < -0.3 is 14.8 Å². The second-order valence-electron chi connectivity index (χ2n) is 6.96. The topological polar surface area (TPSA) is 91.6 Å². The van der Waals surface area contributed by atoms with Crippen molar-refractivity contribution in [2.24, 2.45) is 0 Å². The summed E-state index contributed by atoms with van der Waals surface area (Å²) in [5, 5.41) is 2.86. The first kappa shape index (κ1) is 21.9. The number of methoxy groups -OCH3 is 2. The summed E-state index contributed by atoms with van der Waals surface area (Å²) in [7, 11) is 3.00. The fraction of sp³-hybridized carbons (Fsp3) is 0.261. The lowest BCUT2D eigenvalue weighted by atomic mass is 10.1. The maximum atomic E-state index is 12.7. The molecule has 1 heterocycles. The summed E-state index contributed by atoms with van der Waals surface area (Å²) in [6.45, 7) is 3.65. The minimum absolute atomic E-state index is 0.266. The number of carbonyl (C=O) groups is 1. The summed E-state index contributed by atoms with van der Waals surface area (Å²) in [5.74, 6) is 0.557. The molecule has 0 radical (unpaired) electrons. The average molecular weight is 423 g/mol. The van der Waals surface area contributed by atoms with Gasteiger partial charge in [-0.25, -0.2) is 0 Å². The number of ether oxygens (including phenoxy) is 2. The van der Waals surface area contributed by atoms with E-state index in [2.05, 4.69) is 5.32 Å². The second-order valence-corrected chi connectivity index (χ2v) is 6.96. The van der Waals surface area contributed by atoms with Crippen molar-refractivity contribution in [3.8, 4) is 17.2 Å². The smallest absolute Gasteiger partial charge is 0.320 e. The Morgan fingerprint density at radius 2 is 1.74 bits per heavy atom. The first-order valence-corrected chi connectivity index (χ1v) is 9.82. The Morgan fingerprint density at radius 3 is 2.42 bits per heavy atom. The third kappa shape index (κ3) is 4.53. The number of carbonyl (C=O) groups excluding carboxylic acids is 1. The molecule has 0 aliphatic carbocycles. The van der Waals surface area contributed by atoms with E-state index in [0.29, 0.717) is 17.2 Å². The quantitative estimate of drug-likeness (QED) is 0.590. The van der Waals surface area contributed by atoms with Crippen molar-refractivity contribution < 1.29 is 14.3 Å². The zero-order valence-corrected chi connectivity index (χ0v) is 18.0. The number of amides is 1. The van der Waals surface area contributed by atoms with Crippen LogP contribution in [-0.4, -0.2) is 29.3 Å². The van der Waals surface area contributed by atoms with Crippen LogP contribution in [0.15, 0.2) is 58.4 Å². The van der Waals surface area contributed by atoms with Gasteiger partial charge in [0.1, 0.15) is 6.54 Å². The van der Waals surface area contributed by atoms with Crippen LogP contribution < -0.4 is 25.9 Å². The molecular weight excluding hydrogens is 398 g/mol. The normalized spacial score (nSPS) is 10.6. The average Bonchev–Trinajstić information content (AvgIpc) is 2.78. The van der Waals surface area contributed by atoms with Crippen LogP contribution in [0.3, 0.4) is 0 Å². The van der Waals surface area contributed by atoms with Crippen molar-refractivity contribution in [1.29, 1.82) is 0 Å². The number of anilines is 1. The van der Waals surface area contributed by atoms with E-state index in [9.17, 15) is 14.4 Å². The van der Waals surface area contributed by atoms with Gasteiger partial charge in [0, 0.05) is 24.1 Å². The van der Waals surface area contributed by atoms with Crippen LogP contribution >= 0.6 is 0 Å². The fourth-order valence-electron chi connectivity index (χ4n) is 3.35. The van der Waals surface area contributed by atoms with Crippen molar-refractivity contribution in [2.45, 2.75) is 26.8 Å². The second kappa shape index (κ2) is 9.34. The molecule has 1 N–H and O–H groups in total. The Kier molecular flexibility index (Phi) is 6.59. The number of aromatic nitrogens is 2. The molecule has 0 aliphatic rings. The van der Waals surface area contributed by atoms with Crippen molar-refractivity contribution in [3.63, 3.8) is 0 Å². The predicted molar refractivity (Wildman–Crippen MR) is 119 cm³/mol. The van der Waals surface area contributed by atoms with Crippen LogP contribution in [0.5, 0.6) is 11.5 Å². The summed E-state index contributed by atoms with van der Waals surface area (Å²) < 4.78 is 12.7. The molecule has 1 aromatic heterocycles. The van der Waals surface area contributed by atoms with E-state index in [1.165, 1.54) is 31.2 Å². The number of benzene rings is 2. The lowest BCUT2D eigenvalue weighted by molar-refractivity contribution is -0.116. The maximum absolute atomic E-state index is 12.7. The van der Waals surface area contributed by atoms with Crippen molar-refractivity contribution in [3.05, 3.63) is 80.6 Å². The van der Waals surface area contributed by atoms with Gasteiger partial charge in [-0.05, 0) is 36.6 Å². The molecule has 0 aliphatic heterocycles. The number of hydrogen-bond donors (Lipinski definition) is 1. The van der Waals surface area contributed by atoms with Crippen LogP contribution in [-0.2, 0) is 17.8 Å². The Bertz CT molecular complexity index is 1230. The van der Waals surface area contributed by atoms with E-state index >= 15 is 0 Å². The molecule has 0 fully saturated rings. The Hall–Kier alpha value is -3.81. The Morgan fingerprint density at radius 1 is 1.00 bits per heavy atom. The van der Waals surface area contributed by atoms with E-state index in [0.717, 1.165) is 27.8 Å². The summed E-state index contributed by atoms with van der Waals surface area (Å²) in [4.78, 5) is 37.8. The molecule has 8 nitrogen and oxygen atoms in total. The van der Waals surface area contributed by atoms with Crippen LogP contribution in [0.1, 0.15) is 18.1 Å². The van der Waals surface area contributed by atoms with Crippen LogP contribution in [0.25, 0.3) is 5.69 Å². The van der Waals surface area contributed by atoms with E-state index in [-0.39, 0.29) is 12.5 Å². The minimum Gasteiger partial charge on any atom is -0.493 e. The molecule has 0 unspecified atom stereocenters. The lowest BCUT2D eigenvalue weighted by Gasteiger charge is -2.14. The third-order valence-electron chi connectivity index (χ3n) is 5.02. The predicted octanol–water partition coefficient (Wildman–Crippen LogP) is 2.53. The maximum Gasteiger partial charge on any atom is 0.320 e. The molecule has 0 saturated carbocycles. The lowest BCUT2D eigenvalue weighted by Crippen LogP contribution is -2.41. The number of rotatable bonds is 7. The monoisotopic (exact) mass is 423 g/mol. The van der Waals surface area contributed by atoms with Gasteiger partial charge in [0.15, 0.2) is 11.5 Å². The third-order valence-corrected chi connectivity index (χ3v) is 5.02. The highest BCUT2D eigenvalue weighted by Crippen LogP contribution is 2.28. The summed E-state index contributed by atoms with van der Waals surface area (Å²) in [6, 6.07) is 10.7. The van der Waals surface area contributed by atoms with Gasteiger partial charge in [0.2, 0.25) is 5.91 Å². The standard InChI is InChI=1S/C23H25N3O5/c1-5-16-8-6-7-15(2)21(16)24-20(27)14-25-11-12-26(23(29)22(25)28)17-9-10-18(30-3)19(13-17)31-4/h6-13H,5,14H2,1-4H3,(H,24,27). The molecule has 1 amide bonds. The highest BCUT2D eigenvalue weighted by Gasteiger charge is 2.14. The number of para-hydroxylation sites is 1. The van der Waals surface area contributed by atoms with Crippen molar-refractivity contribution >= 4 is 11.6 Å². The molecule has 0 spiro atoms. The molecule has 0 bridgehead atoms. The van der Waals surface area contributed by atoms with Gasteiger partial charge in [-0.15, -0.1) is 0 Å². The molecule has 162 valence electrons. The molecule has 31 heavy (non-hydrogen) atoms. The fourth-order valence-corrected chi connectivity index (χ4v) is 3.35. The molecule has 8 heteroatoms. The van der Waals surface area contributed by atoms with E-state index in [1.54, 1.807) is 18.2 Å². The van der Waals surface area contributed by atoms with Crippen molar-refractivity contribution in [2.75, 3.05) is 19.5 Å². The zero-order valence-electron chi connectivity index (χ0n) is 18.0. The van der Waals surface area contributed by atoms with Gasteiger partial charge in [-0.1, -0.05) is 25.1 Å². The molecule has 3 rings (SSSR count). The van der Waals surface area contributed by atoms with Gasteiger partial charge in [0.05, 0.1) is 19.9 Å². The van der Waals surface area contributed by atoms with Gasteiger partial charge in [-0.3, -0.25) is 23.5 Å².